The Morgan fingerprint density at radius 3 is 2.28 bits per heavy atom. The molecule has 0 spiro atoms. The van der Waals surface area contributed by atoms with E-state index in [1.807, 2.05) is 62.4 Å². The number of hydrogen-bond donors (Lipinski definition) is 4. The summed E-state index contributed by atoms with van der Waals surface area (Å²) in [5.41, 5.74) is 0.275. The first-order valence-corrected chi connectivity index (χ1v) is 16.8. The number of carbonyl (C=O) groups excluding carboxylic acids is 1. The largest absolute Gasteiger partial charge is 0.477 e. The van der Waals surface area contributed by atoms with E-state index in [0.717, 1.165) is 57.4 Å². The molecule has 1 aliphatic heterocycles. The summed E-state index contributed by atoms with van der Waals surface area (Å²) in [6, 6.07) is 21.2. The van der Waals surface area contributed by atoms with Crippen molar-refractivity contribution in [2.75, 3.05) is 42.6 Å². The van der Waals surface area contributed by atoms with Gasteiger partial charge in [0.25, 0.3) is 5.91 Å². The molecule has 3 aromatic rings. The van der Waals surface area contributed by atoms with Crippen molar-refractivity contribution in [1.29, 1.82) is 0 Å². The molecule has 3 atom stereocenters. The molecule has 0 radical (unpaired) electrons. The van der Waals surface area contributed by atoms with E-state index in [-0.39, 0.29) is 19.1 Å². The third kappa shape index (κ3) is 8.51. The molecule has 2 amide bonds. The second-order valence-electron chi connectivity index (χ2n) is 13.1. The Labute approximate surface area is 277 Å². The topological polar surface area (TPSA) is 140 Å². The van der Waals surface area contributed by atoms with Gasteiger partial charge in [0.1, 0.15) is 0 Å². The fraction of sp³-hybridized carbons (Fsp3) is 0.500. The van der Waals surface area contributed by atoms with Gasteiger partial charge in [0.15, 0.2) is 6.10 Å². The number of piperazine rings is 1. The molecule has 2 heterocycles. The van der Waals surface area contributed by atoms with Crippen LogP contribution in [0.25, 0.3) is 0 Å². The molecule has 2 fully saturated rings. The number of anilines is 2. The lowest BCUT2D eigenvalue weighted by Gasteiger charge is -2.49. The predicted octanol–water partition coefficient (Wildman–Crippen LogP) is 5.18. The number of carboxylic acid groups (broad SMARTS) is 1. The van der Waals surface area contributed by atoms with Gasteiger partial charge < -0.3 is 35.4 Å². The summed E-state index contributed by atoms with van der Waals surface area (Å²) >= 11 is 0. The van der Waals surface area contributed by atoms with Gasteiger partial charge >= 0.3 is 6.09 Å². The van der Waals surface area contributed by atoms with E-state index in [1.54, 1.807) is 12.3 Å². The van der Waals surface area contributed by atoms with Crippen LogP contribution in [-0.4, -0.2) is 76.6 Å². The molecule has 252 valence electrons. The van der Waals surface area contributed by atoms with Crippen LogP contribution in [0.5, 0.6) is 5.88 Å². The average molecular weight is 645 g/mol. The van der Waals surface area contributed by atoms with E-state index in [9.17, 15) is 19.8 Å². The maximum absolute atomic E-state index is 13.5. The normalized spacial score (nSPS) is 18.3. The molecular weight excluding hydrogens is 596 g/mol. The highest BCUT2D eigenvalue weighted by Gasteiger charge is 2.51. The number of aliphatic hydroxyl groups excluding tert-OH is 1. The molecule has 5 rings (SSSR count). The average Bonchev–Trinajstić information content (AvgIpc) is 3.08. The van der Waals surface area contributed by atoms with Crippen molar-refractivity contribution in [1.82, 2.24) is 20.6 Å². The summed E-state index contributed by atoms with van der Waals surface area (Å²) < 4.78 is 6.31. The van der Waals surface area contributed by atoms with Gasteiger partial charge in [-0.3, -0.25) is 4.79 Å². The minimum Gasteiger partial charge on any atom is -0.477 e. The Bertz CT molecular complexity index is 1450. The number of nitrogens with one attached hydrogen (secondary N) is 2. The molecule has 11 nitrogen and oxygen atoms in total. The number of unbranched alkanes of at least 4 members (excludes halogenated alkanes) is 1. The number of aromatic nitrogens is 2. The van der Waals surface area contributed by atoms with E-state index in [1.165, 1.54) is 5.69 Å². The summed E-state index contributed by atoms with van der Waals surface area (Å²) in [4.78, 5) is 39.5. The quantitative estimate of drug-likeness (QED) is 0.176. The predicted molar refractivity (Wildman–Crippen MR) is 182 cm³/mol. The lowest BCUT2D eigenvalue weighted by molar-refractivity contribution is -0.137. The Balaban J connectivity index is 1.27. The molecule has 1 aromatic heterocycles. The van der Waals surface area contributed by atoms with Crippen molar-refractivity contribution in [3.05, 3.63) is 78.5 Å². The smallest absolute Gasteiger partial charge is 0.405 e. The van der Waals surface area contributed by atoms with Crippen LogP contribution in [0.2, 0.25) is 0 Å². The molecule has 0 bridgehead atoms. The van der Waals surface area contributed by atoms with Crippen molar-refractivity contribution in [3.63, 3.8) is 0 Å². The number of rotatable bonds is 15. The first-order chi connectivity index (χ1) is 22.7. The first-order valence-electron chi connectivity index (χ1n) is 16.8. The molecule has 1 saturated carbocycles. The molecule has 4 N–H and O–H groups in total. The second-order valence-corrected chi connectivity index (χ2v) is 13.1. The van der Waals surface area contributed by atoms with E-state index >= 15 is 0 Å². The second kappa shape index (κ2) is 15.5. The van der Waals surface area contributed by atoms with Crippen molar-refractivity contribution < 1.29 is 24.5 Å². The number of nitrogens with zero attached hydrogens (tertiary/aromatic N) is 4. The van der Waals surface area contributed by atoms with Crippen molar-refractivity contribution in [3.8, 4) is 5.88 Å². The highest BCUT2D eigenvalue weighted by Crippen LogP contribution is 2.49. The molecule has 1 aliphatic carbocycles. The SMILES string of the molecule is CCCCC(CC1(COc2ccnc(N3CCN(c4ccccc4)CC3)n2)CCC1)(NC(=O)O)C(O)C(=O)N[C@H](C)c1ccccc1. The standard InChI is InChI=1S/C36H48N6O5/c1-3-4-19-36(40-34(45)46,31(43)32(44)38-27(2)28-12-7-5-8-13-28)25-35(17-11-18-35)26-47-30-16-20-37-33(39-30)42-23-21-41(22-24-42)29-14-9-6-10-15-29/h5-10,12-16,20,27,31,40,43H,3-4,11,17-19,21-26H2,1-2H3,(H,38,44)(H,45,46)/t27-,31?,36?/m1/s1. The van der Waals surface area contributed by atoms with Crippen LogP contribution < -0.4 is 25.2 Å². The Kier molecular flexibility index (Phi) is 11.2. The fourth-order valence-corrected chi connectivity index (χ4v) is 6.88. The molecule has 2 aliphatic rings. The minimum absolute atomic E-state index is 0.264. The van der Waals surface area contributed by atoms with Crippen LogP contribution in [0, 0.1) is 5.41 Å². The number of carbonyl (C=O) groups is 2. The number of hydrogen-bond acceptors (Lipinski definition) is 8. The zero-order chi connectivity index (χ0) is 33.3. The summed E-state index contributed by atoms with van der Waals surface area (Å²) in [5, 5.41) is 27.1. The third-order valence-corrected chi connectivity index (χ3v) is 9.69. The molecule has 11 heteroatoms. The lowest BCUT2D eigenvalue weighted by Crippen LogP contribution is -2.64. The summed E-state index contributed by atoms with van der Waals surface area (Å²) in [7, 11) is 0. The van der Waals surface area contributed by atoms with Crippen LogP contribution in [0.3, 0.4) is 0 Å². The fourth-order valence-electron chi connectivity index (χ4n) is 6.88. The van der Waals surface area contributed by atoms with E-state index in [0.29, 0.717) is 24.7 Å². The van der Waals surface area contributed by atoms with Gasteiger partial charge in [-0.25, -0.2) is 9.78 Å². The van der Waals surface area contributed by atoms with Gasteiger partial charge in [-0.05, 0) is 50.3 Å². The number of aliphatic hydroxyl groups is 1. The van der Waals surface area contributed by atoms with Crippen LogP contribution in [0.1, 0.15) is 70.4 Å². The monoisotopic (exact) mass is 644 g/mol. The molecule has 2 aromatic carbocycles. The van der Waals surface area contributed by atoms with E-state index in [4.69, 9.17) is 9.72 Å². The zero-order valence-electron chi connectivity index (χ0n) is 27.5. The summed E-state index contributed by atoms with van der Waals surface area (Å²) in [6.45, 7) is 7.42. The van der Waals surface area contributed by atoms with E-state index < -0.39 is 29.1 Å². The maximum atomic E-state index is 13.5. The number of benzene rings is 2. The van der Waals surface area contributed by atoms with Crippen LogP contribution >= 0.6 is 0 Å². The van der Waals surface area contributed by atoms with Gasteiger partial charge in [-0.2, -0.15) is 4.98 Å². The highest BCUT2D eigenvalue weighted by atomic mass is 16.5. The Morgan fingerprint density at radius 1 is 1.00 bits per heavy atom. The Morgan fingerprint density at radius 2 is 1.66 bits per heavy atom. The van der Waals surface area contributed by atoms with Gasteiger partial charge in [-0.15, -0.1) is 0 Å². The van der Waals surface area contributed by atoms with Gasteiger partial charge in [0.2, 0.25) is 11.8 Å². The van der Waals surface area contributed by atoms with Crippen molar-refractivity contribution in [2.24, 2.45) is 5.41 Å². The lowest BCUT2D eigenvalue weighted by atomic mass is 9.61. The van der Waals surface area contributed by atoms with Crippen molar-refractivity contribution >= 4 is 23.6 Å². The highest BCUT2D eigenvalue weighted by molar-refractivity contribution is 5.83. The number of para-hydroxylation sites is 1. The molecule has 2 unspecified atom stereocenters. The van der Waals surface area contributed by atoms with Crippen LogP contribution in [0.4, 0.5) is 16.4 Å². The summed E-state index contributed by atoms with van der Waals surface area (Å²) in [6.07, 6.45) is 3.38. The first kappa shape index (κ1) is 34.0. The molecular formula is C36H48N6O5. The third-order valence-electron chi connectivity index (χ3n) is 9.69. The van der Waals surface area contributed by atoms with Crippen molar-refractivity contribution in [2.45, 2.75) is 76.5 Å². The molecule has 47 heavy (non-hydrogen) atoms. The number of amides is 2. The minimum atomic E-state index is -1.59. The van der Waals surface area contributed by atoms with Crippen LogP contribution in [-0.2, 0) is 4.79 Å². The summed E-state index contributed by atoms with van der Waals surface area (Å²) in [5.74, 6) is 0.462. The van der Waals surface area contributed by atoms with E-state index in [2.05, 4.69) is 37.6 Å². The Hall–Kier alpha value is -4.38. The molecule has 1 saturated heterocycles. The van der Waals surface area contributed by atoms with Gasteiger partial charge in [0.05, 0.1) is 18.2 Å². The van der Waals surface area contributed by atoms with Gasteiger partial charge in [-0.1, -0.05) is 74.7 Å². The number of ether oxygens (including phenoxy) is 1. The maximum Gasteiger partial charge on any atom is 0.405 e. The van der Waals surface area contributed by atoms with Gasteiger partial charge in [0, 0.05) is 49.5 Å². The zero-order valence-corrected chi connectivity index (χ0v) is 27.5. The van der Waals surface area contributed by atoms with Crippen LogP contribution in [0.15, 0.2) is 72.9 Å².